The first-order valence-electron chi connectivity index (χ1n) is 9.22. The van der Waals surface area contributed by atoms with Crippen LogP contribution in [0.15, 0.2) is 40.5 Å². The van der Waals surface area contributed by atoms with Gasteiger partial charge < -0.3 is 9.72 Å². The van der Waals surface area contributed by atoms with Crippen molar-refractivity contribution in [2.75, 3.05) is 17.8 Å². The summed E-state index contributed by atoms with van der Waals surface area (Å²) in [5, 5.41) is 10.5. The number of anilines is 1. The summed E-state index contributed by atoms with van der Waals surface area (Å²) < 4.78 is 30.1. The minimum atomic E-state index is -1.06. The Hall–Kier alpha value is -2.59. The topological polar surface area (TPSA) is 75.1 Å². The van der Waals surface area contributed by atoms with Crippen LogP contribution >= 0.6 is 23.5 Å². The molecule has 5 rings (SSSR count). The second-order valence-electron chi connectivity index (χ2n) is 7.07. The maximum Gasteiger partial charge on any atom is 0.231 e. The number of halogens is 2. The highest BCUT2D eigenvalue weighted by atomic mass is 32.2. The van der Waals surface area contributed by atoms with Gasteiger partial charge in [0, 0.05) is 22.7 Å². The first-order valence-corrected chi connectivity index (χ1v) is 11.7. The number of hydrogen-bond acceptors (Lipinski definition) is 5. The van der Waals surface area contributed by atoms with Gasteiger partial charge >= 0.3 is 0 Å². The molecule has 0 radical (unpaired) electrons. The summed E-state index contributed by atoms with van der Waals surface area (Å²) in [6.07, 6.45) is 8.10. The molecule has 3 heterocycles. The third-order valence-corrected chi connectivity index (χ3v) is 6.79. The average Bonchev–Trinajstić information content (AvgIpc) is 3.12. The molecule has 1 aliphatic carbocycles. The molecular weight excluding hydrogens is 428 g/mol. The quantitative estimate of drug-likeness (QED) is 0.434. The minimum absolute atomic E-state index is 0.263. The van der Waals surface area contributed by atoms with Gasteiger partial charge in [-0.2, -0.15) is 5.10 Å². The number of aromatic nitrogens is 4. The zero-order chi connectivity index (χ0) is 21.0. The number of thioether (sulfide) groups is 2. The Kier molecular flexibility index (Phi) is 4.70. The number of amides is 1. The molecule has 1 saturated carbocycles. The van der Waals surface area contributed by atoms with E-state index in [-0.39, 0.29) is 18.1 Å². The molecule has 0 aliphatic heterocycles. The summed E-state index contributed by atoms with van der Waals surface area (Å²) in [4.78, 5) is 17.4. The van der Waals surface area contributed by atoms with E-state index < -0.39 is 12.1 Å². The molecule has 4 aromatic rings. The number of alkyl halides is 1. The molecule has 1 fully saturated rings. The van der Waals surface area contributed by atoms with Gasteiger partial charge in [0.15, 0.2) is 11.6 Å². The fourth-order valence-corrected chi connectivity index (χ4v) is 5.04. The maximum atomic E-state index is 15.2. The van der Waals surface area contributed by atoms with E-state index in [2.05, 4.69) is 20.5 Å². The second kappa shape index (κ2) is 7.28. The lowest BCUT2D eigenvalue weighted by Gasteiger charge is -2.14. The molecule has 154 valence electrons. The Morgan fingerprint density at radius 1 is 1.27 bits per heavy atom. The van der Waals surface area contributed by atoms with Crippen LogP contribution in [0.4, 0.5) is 14.6 Å². The Morgan fingerprint density at radius 2 is 2.03 bits per heavy atom. The van der Waals surface area contributed by atoms with Crippen LogP contribution in [0.3, 0.4) is 0 Å². The van der Waals surface area contributed by atoms with Crippen LogP contribution in [0.1, 0.15) is 6.42 Å². The molecule has 1 amide bonds. The summed E-state index contributed by atoms with van der Waals surface area (Å²) in [5.41, 5.74) is 2.83. The Balaban J connectivity index is 1.60. The molecule has 0 saturated heterocycles. The number of rotatable bonds is 5. The maximum absolute atomic E-state index is 15.2. The van der Waals surface area contributed by atoms with E-state index >= 15 is 4.39 Å². The van der Waals surface area contributed by atoms with Crippen molar-refractivity contribution in [2.24, 2.45) is 5.92 Å². The number of benzene rings is 1. The molecule has 1 aromatic carbocycles. The molecule has 2 N–H and O–H groups in total. The van der Waals surface area contributed by atoms with Gasteiger partial charge in [-0.05, 0) is 31.1 Å². The van der Waals surface area contributed by atoms with Crippen molar-refractivity contribution >= 4 is 51.8 Å². The summed E-state index contributed by atoms with van der Waals surface area (Å²) >= 11 is 2.69. The lowest BCUT2D eigenvalue weighted by atomic mass is 10.0. The number of carbonyl (C=O) groups excluding carboxylic acids is 1. The van der Waals surface area contributed by atoms with E-state index in [1.165, 1.54) is 23.5 Å². The number of nitrogens with one attached hydrogen (secondary N) is 2. The van der Waals surface area contributed by atoms with E-state index in [0.717, 1.165) is 16.5 Å². The van der Waals surface area contributed by atoms with E-state index in [0.29, 0.717) is 26.8 Å². The zero-order valence-electron chi connectivity index (χ0n) is 16.1. The first-order chi connectivity index (χ1) is 14.5. The highest BCUT2D eigenvalue weighted by Crippen LogP contribution is 2.43. The van der Waals surface area contributed by atoms with Crippen molar-refractivity contribution in [1.82, 2.24) is 19.6 Å². The molecule has 1 aliphatic rings. The van der Waals surface area contributed by atoms with Crippen molar-refractivity contribution in [2.45, 2.75) is 22.4 Å². The number of nitrogens with zero attached hydrogens (tertiary/aromatic N) is 3. The third-order valence-electron chi connectivity index (χ3n) is 5.21. The number of imidazole rings is 1. The minimum Gasteiger partial charge on any atom is -0.309 e. The van der Waals surface area contributed by atoms with Crippen molar-refractivity contribution in [3.8, 4) is 11.1 Å². The molecule has 2 unspecified atom stereocenters. The number of H-pyrrole nitrogens is 1. The van der Waals surface area contributed by atoms with Crippen LogP contribution in [0.5, 0.6) is 0 Å². The largest absolute Gasteiger partial charge is 0.309 e. The summed E-state index contributed by atoms with van der Waals surface area (Å²) in [6.45, 7) is 0. The van der Waals surface area contributed by atoms with E-state index in [4.69, 9.17) is 0 Å². The van der Waals surface area contributed by atoms with Crippen molar-refractivity contribution in [1.29, 1.82) is 0 Å². The highest BCUT2D eigenvalue weighted by Gasteiger charge is 2.43. The predicted octanol–water partition coefficient (Wildman–Crippen LogP) is 4.76. The lowest BCUT2D eigenvalue weighted by Crippen LogP contribution is -2.15. The Bertz CT molecular complexity index is 1300. The number of hydrogen-bond donors (Lipinski definition) is 2. The molecule has 2 atom stereocenters. The first kappa shape index (κ1) is 19.4. The van der Waals surface area contributed by atoms with Gasteiger partial charge in [-0.3, -0.25) is 9.89 Å². The number of pyridine rings is 1. The number of aromatic amines is 1. The van der Waals surface area contributed by atoms with Gasteiger partial charge in [-0.25, -0.2) is 13.8 Å². The SMILES string of the molecule is CSc1c(F)c(SC)c2[nH]ncc2c1-c1ccc2nc(NC(=O)C3CC3F)cn2c1. The van der Waals surface area contributed by atoms with Gasteiger partial charge in [0.25, 0.3) is 0 Å². The second-order valence-corrected chi connectivity index (χ2v) is 8.70. The van der Waals surface area contributed by atoms with Gasteiger partial charge in [-0.1, -0.05) is 0 Å². The van der Waals surface area contributed by atoms with Crippen molar-refractivity contribution in [3.63, 3.8) is 0 Å². The van der Waals surface area contributed by atoms with Crippen LogP contribution in [-0.4, -0.2) is 44.2 Å². The standard InChI is InChI=1S/C20H17F2N5OS2/c1-29-18-15(11-6-23-26-17(11)19(30-2)16(18)22)9-3-4-14-24-13(8-27(14)7-9)25-20(28)10-5-12(10)21/h3-4,6-8,10,12H,5H2,1-2H3,(H,23,26)(H,25,28). The predicted molar refractivity (Wildman–Crippen MR) is 115 cm³/mol. The monoisotopic (exact) mass is 445 g/mol. The van der Waals surface area contributed by atoms with Crippen LogP contribution in [0, 0.1) is 11.7 Å². The van der Waals surface area contributed by atoms with Gasteiger partial charge in [0.2, 0.25) is 5.91 Å². The van der Waals surface area contributed by atoms with Gasteiger partial charge in [0.1, 0.15) is 11.8 Å². The molecular formula is C20H17F2N5OS2. The summed E-state index contributed by atoms with van der Waals surface area (Å²) in [7, 11) is 0. The van der Waals surface area contributed by atoms with Crippen molar-refractivity contribution < 1.29 is 13.6 Å². The highest BCUT2D eigenvalue weighted by molar-refractivity contribution is 7.99. The summed E-state index contributed by atoms with van der Waals surface area (Å²) in [6, 6.07) is 3.67. The molecule has 0 bridgehead atoms. The molecule has 6 nitrogen and oxygen atoms in total. The third kappa shape index (κ3) is 3.05. The summed E-state index contributed by atoms with van der Waals surface area (Å²) in [5.74, 6) is -0.850. The van der Waals surface area contributed by atoms with E-state index in [1.54, 1.807) is 22.9 Å². The van der Waals surface area contributed by atoms with Crippen LogP contribution in [0.25, 0.3) is 27.7 Å². The van der Waals surface area contributed by atoms with Crippen LogP contribution < -0.4 is 5.32 Å². The van der Waals surface area contributed by atoms with Crippen LogP contribution in [-0.2, 0) is 4.79 Å². The van der Waals surface area contributed by atoms with E-state index in [1.807, 2.05) is 24.8 Å². The number of carbonyl (C=O) groups is 1. The smallest absolute Gasteiger partial charge is 0.231 e. The fourth-order valence-electron chi connectivity index (χ4n) is 3.62. The molecule has 10 heteroatoms. The van der Waals surface area contributed by atoms with Crippen LogP contribution in [0.2, 0.25) is 0 Å². The normalized spacial score (nSPS) is 18.3. The van der Waals surface area contributed by atoms with E-state index in [9.17, 15) is 9.18 Å². The molecule has 3 aromatic heterocycles. The molecule has 30 heavy (non-hydrogen) atoms. The molecule has 0 spiro atoms. The fraction of sp³-hybridized carbons (Fsp3) is 0.250. The lowest BCUT2D eigenvalue weighted by molar-refractivity contribution is -0.117. The van der Waals surface area contributed by atoms with Gasteiger partial charge in [0.05, 0.1) is 33.6 Å². The Labute approximate surface area is 178 Å². The Morgan fingerprint density at radius 3 is 2.73 bits per heavy atom. The zero-order valence-corrected chi connectivity index (χ0v) is 17.7. The number of fused-ring (bicyclic) bond motifs is 2. The average molecular weight is 446 g/mol. The van der Waals surface area contributed by atoms with Gasteiger partial charge in [-0.15, -0.1) is 23.5 Å². The van der Waals surface area contributed by atoms with Crippen molar-refractivity contribution in [3.05, 3.63) is 36.5 Å².